The first-order chi connectivity index (χ1) is 10.8. The van der Waals surface area contributed by atoms with Crippen molar-refractivity contribution in [3.8, 4) is 0 Å². The van der Waals surface area contributed by atoms with Gasteiger partial charge in [-0.15, -0.1) is 5.10 Å². The quantitative estimate of drug-likeness (QED) is 0.786. The molecule has 0 saturated carbocycles. The third-order valence-electron chi connectivity index (χ3n) is 4.21. The molecule has 1 aliphatic heterocycles. The molecule has 0 radical (unpaired) electrons. The monoisotopic (exact) mass is 344 g/mol. The minimum atomic E-state index is -3.19. The molecule has 1 unspecified atom stereocenters. The first-order valence-electron chi connectivity index (χ1n) is 8.27. The Kier molecular flexibility index (Phi) is 6.10. The van der Waals surface area contributed by atoms with Gasteiger partial charge in [0.05, 0.1) is 17.8 Å². The minimum absolute atomic E-state index is 0.235. The average molecular weight is 344 g/mol. The van der Waals surface area contributed by atoms with Crippen molar-refractivity contribution in [1.82, 2.24) is 29.8 Å². The zero-order valence-corrected chi connectivity index (χ0v) is 15.3. The van der Waals surface area contributed by atoms with Gasteiger partial charge >= 0.3 is 0 Å². The molecule has 8 nitrogen and oxygen atoms in total. The molecule has 1 aromatic heterocycles. The molecule has 1 atom stereocenters. The van der Waals surface area contributed by atoms with E-state index in [0.29, 0.717) is 19.0 Å². The van der Waals surface area contributed by atoms with Crippen LogP contribution in [0.4, 0.5) is 0 Å². The van der Waals surface area contributed by atoms with Gasteiger partial charge in [-0.2, -0.15) is 0 Å². The molecule has 23 heavy (non-hydrogen) atoms. The van der Waals surface area contributed by atoms with Gasteiger partial charge in [0.2, 0.25) is 10.0 Å². The van der Waals surface area contributed by atoms with Crippen LogP contribution in [0.15, 0.2) is 0 Å². The Morgan fingerprint density at radius 2 is 2.04 bits per heavy atom. The Bertz CT molecular complexity index is 598. The second-order valence-corrected chi connectivity index (χ2v) is 9.14. The summed E-state index contributed by atoms with van der Waals surface area (Å²) in [5.41, 5.74) is 0. The van der Waals surface area contributed by atoms with Crippen molar-refractivity contribution < 1.29 is 8.42 Å². The van der Waals surface area contributed by atoms with Crippen LogP contribution in [-0.4, -0.2) is 58.4 Å². The van der Waals surface area contributed by atoms with Gasteiger partial charge in [0.25, 0.3) is 0 Å². The van der Waals surface area contributed by atoms with E-state index >= 15 is 0 Å². The molecule has 0 aromatic carbocycles. The molecule has 1 fully saturated rings. The highest BCUT2D eigenvalue weighted by molar-refractivity contribution is 7.90. The van der Waals surface area contributed by atoms with Crippen molar-refractivity contribution >= 4 is 10.0 Å². The highest BCUT2D eigenvalue weighted by Crippen LogP contribution is 2.18. The van der Waals surface area contributed by atoms with E-state index in [4.69, 9.17) is 0 Å². The molecule has 0 bridgehead atoms. The van der Waals surface area contributed by atoms with E-state index in [-0.39, 0.29) is 6.04 Å². The Labute approximate surface area is 138 Å². The second-order valence-electron chi connectivity index (χ2n) is 6.82. The standard InChI is InChI=1S/C14H28N6O2S/c1-11(2)20-14(16-17-18-20)10-19-7-5-6-13(9-19)8-15-23(21,22)12(3)4/h11-13,15H,5-10H2,1-4H3. The fourth-order valence-electron chi connectivity index (χ4n) is 2.78. The summed E-state index contributed by atoms with van der Waals surface area (Å²) in [6.07, 6.45) is 2.11. The summed E-state index contributed by atoms with van der Waals surface area (Å²) in [5.74, 6) is 1.20. The molecule has 9 heteroatoms. The van der Waals surface area contributed by atoms with Crippen LogP contribution in [0.3, 0.4) is 0 Å². The number of piperidine rings is 1. The molecule has 132 valence electrons. The van der Waals surface area contributed by atoms with Gasteiger partial charge in [-0.25, -0.2) is 17.8 Å². The number of rotatable bonds is 7. The normalized spacial score (nSPS) is 20.5. The number of nitrogens with zero attached hydrogens (tertiary/aromatic N) is 5. The van der Waals surface area contributed by atoms with Gasteiger partial charge in [0, 0.05) is 13.1 Å². The molecule has 1 aliphatic rings. The average Bonchev–Trinajstić information content (AvgIpc) is 2.94. The van der Waals surface area contributed by atoms with E-state index < -0.39 is 15.3 Å². The van der Waals surface area contributed by atoms with Crippen LogP contribution in [0.25, 0.3) is 0 Å². The third kappa shape index (κ3) is 4.95. The topological polar surface area (TPSA) is 93.0 Å². The van der Waals surface area contributed by atoms with Crippen molar-refractivity contribution in [2.45, 2.75) is 58.4 Å². The van der Waals surface area contributed by atoms with Gasteiger partial charge in [0.1, 0.15) is 0 Å². The molecular formula is C14H28N6O2S. The van der Waals surface area contributed by atoms with Crippen LogP contribution < -0.4 is 4.72 Å². The summed E-state index contributed by atoms with van der Waals surface area (Å²) >= 11 is 0. The van der Waals surface area contributed by atoms with Crippen molar-refractivity contribution in [3.05, 3.63) is 5.82 Å². The van der Waals surface area contributed by atoms with Gasteiger partial charge in [-0.05, 0) is 63.4 Å². The number of tetrazole rings is 1. The predicted octanol–water partition coefficient (Wildman–Crippen LogP) is 0.794. The van der Waals surface area contributed by atoms with Gasteiger partial charge in [-0.3, -0.25) is 4.90 Å². The number of likely N-dealkylation sites (tertiary alicyclic amines) is 1. The van der Waals surface area contributed by atoms with E-state index in [1.165, 1.54) is 0 Å². The summed E-state index contributed by atoms with van der Waals surface area (Å²) in [6, 6.07) is 0.235. The molecule has 1 aromatic rings. The minimum Gasteiger partial charge on any atom is -0.296 e. The number of aromatic nitrogens is 4. The maximum absolute atomic E-state index is 11.9. The van der Waals surface area contributed by atoms with Crippen molar-refractivity contribution in [1.29, 1.82) is 0 Å². The first kappa shape index (κ1) is 18.3. The zero-order chi connectivity index (χ0) is 17.0. The lowest BCUT2D eigenvalue weighted by molar-refractivity contribution is 0.162. The SMILES string of the molecule is CC(C)n1nnnc1CN1CCCC(CNS(=O)(=O)C(C)C)C1. The maximum Gasteiger partial charge on any atom is 0.213 e. The molecule has 0 aliphatic carbocycles. The van der Waals surface area contributed by atoms with Crippen LogP contribution in [0.2, 0.25) is 0 Å². The highest BCUT2D eigenvalue weighted by Gasteiger charge is 2.24. The number of nitrogens with one attached hydrogen (secondary N) is 1. The Morgan fingerprint density at radius 3 is 2.70 bits per heavy atom. The van der Waals surface area contributed by atoms with Crippen molar-refractivity contribution in [3.63, 3.8) is 0 Å². The summed E-state index contributed by atoms with van der Waals surface area (Å²) in [7, 11) is -3.19. The van der Waals surface area contributed by atoms with Crippen LogP contribution >= 0.6 is 0 Å². The first-order valence-corrected chi connectivity index (χ1v) is 9.81. The number of hydrogen-bond acceptors (Lipinski definition) is 6. The summed E-state index contributed by atoms with van der Waals surface area (Å²) < 4.78 is 28.3. The molecule has 0 spiro atoms. The lowest BCUT2D eigenvalue weighted by atomic mass is 9.98. The van der Waals surface area contributed by atoms with Gasteiger partial charge in [-0.1, -0.05) is 0 Å². The van der Waals surface area contributed by atoms with Crippen LogP contribution in [0.5, 0.6) is 0 Å². The third-order valence-corrected chi connectivity index (χ3v) is 6.02. The van der Waals surface area contributed by atoms with Crippen LogP contribution in [-0.2, 0) is 16.6 Å². The predicted molar refractivity (Wildman–Crippen MR) is 88.3 cm³/mol. The Balaban J connectivity index is 1.90. The fraction of sp³-hybridized carbons (Fsp3) is 0.929. The van der Waals surface area contributed by atoms with E-state index in [1.54, 1.807) is 13.8 Å². The molecule has 1 saturated heterocycles. The lowest BCUT2D eigenvalue weighted by Gasteiger charge is -2.32. The number of sulfonamides is 1. The largest absolute Gasteiger partial charge is 0.296 e. The molecule has 0 amide bonds. The molecule has 2 heterocycles. The molecular weight excluding hydrogens is 316 g/mol. The van der Waals surface area contributed by atoms with Crippen molar-refractivity contribution in [2.24, 2.45) is 5.92 Å². The summed E-state index contributed by atoms with van der Waals surface area (Å²) in [6.45, 7) is 10.6. The molecule has 1 N–H and O–H groups in total. The van der Waals surface area contributed by atoms with Crippen LogP contribution in [0.1, 0.15) is 52.4 Å². The number of hydrogen-bond donors (Lipinski definition) is 1. The summed E-state index contributed by atoms with van der Waals surface area (Å²) in [5, 5.41) is 11.5. The van der Waals surface area contributed by atoms with Gasteiger partial charge < -0.3 is 0 Å². The second kappa shape index (κ2) is 7.67. The highest BCUT2D eigenvalue weighted by atomic mass is 32.2. The van der Waals surface area contributed by atoms with Gasteiger partial charge in [0.15, 0.2) is 5.82 Å². The summed E-state index contributed by atoms with van der Waals surface area (Å²) in [4.78, 5) is 2.31. The van der Waals surface area contributed by atoms with E-state index in [2.05, 4.69) is 39.0 Å². The van der Waals surface area contributed by atoms with E-state index in [0.717, 1.165) is 31.8 Å². The Hall–Kier alpha value is -1.06. The smallest absolute Gasteiger partial charge is 0.213 e. The fourth-order valence-corrected chi connectivity index (χ4v) is 3.58. The lowest BCUT2D eigenvalue weighted by Crippen LogP contribution is -2.42. The maximum atomic E-state index is 11.9. The van der Waals surface area contributed by atoms with Crippen LogP contribution in [0, 0.1) is 5.92 Å². The van der Waals surface area contributed by atoms with E-state index in [9.17, 15) is 8.42 Å². The van der Waals surface area contributed by atoms with Crippen molar-refractivity contribution in [2.75, 3.05) is 19.6 Å². The molecule has 2 rings (SSSR count). The zero-order valence-electron chi connectivity index (χ0n) is 14.4. The van der Waals surface area contributed by atoms with E-state index in [1.807, 2.05) is 4.68 Å². The Morgan fingerprint density at radius 1 is 1.30 bits per heavy atom.